The van der Waals surface area contributed by atoms with Gasteiger partial charge in [0.25, 0.3) is 11.6 Å². The third-order valence-corrected chi connectivity index (χ3v) is 8.26. The van der Waals surface area contributed by atoms with Gasteiger partial charge in [-0.3, -0.25) is 14.9 Å². The fraction of sp³-hybridized carbons (Fsp3) is 0.321. The molecule has 6 nitrogen and oxygen atoms in total. The zero-order valence-electron chi connectivity index (χ0n) is 19.0. The van der Waals surface area contributed by atoms with Crippen molar-refractivity contribution in [2.45, 2.75) is 38.1 Å². The summed E-state index contributed by atoms with van der Waals surface area (Å²) in [5, 5.41) is 18.0. The van der Waals surface area contributed by atoms with E-state index >= 15 is 0 Å². The summed E-state index contributed by atoms with van der Waals surface area (Å²) in [6.07, 6.45) is 3.82. The molecule has 0 saturated heterocycles. The number of hydrogen-bond donors (Lipinski definition) is 2. The summed E-state index contributed by atoms with van der Waals surface area (Å²) in [5.41, 5.74) is 5.21. The lowest BCUT2D eigenvalue weighted by molar-refractivity contribution is -0.385. The van der Waals surface area contributed by atoms with Gasteiger partial charge in [-0.05, 0) is 85.3 Å². The highest BCUT2D eigenvalue weighted by molar-refractivity contribution is 6.05. The molecule has 5 atom stereocenters. The van der Waals surface area contributed by atoms with Gasteiger partial charge in [0.1, 0.15) is 0 Å². The highest BCUT2D eigenvalue weighted by Gasteiger charge is 2.53. The lowest BCUT2D eigenvalue weighted by Crippen LogP contribution is -2.35. The predicted octanol–water partition coefficient (Wildman–Crippen LogP) is 6.45. The molecule has 0 unspecified atom stereocenters. The molecule has 6 rings (SSSR count). The smallest absolute Gasteiger partial charge is 0.274 e. The van der Waals surface area contributed by atoms with Crippen molar-refractivity contribution in [3.63, 3.8) is 0 Å². The number of nitrogens with one attached hydrogen (secondary N) is 2. The van der Waals surface area contributed by atoms with Crippen molar-refractivity contribution < 1.29 is 9.72 Å². The van der Waals surface area contributed by atoms with Crippen LogP contribution in [-0.4, -0.2) is 10.8 Å². The van der Waals surface area contributed by atoms with E-state index in [2.05, 4.69) is 41.0 Å². The first-order valence-corrected chi connectivity index (χ1v) is 12.0. The quantitative estimate of drug-likeness (QED) is 0.351. The molecule has 3 aromatic carbocycles. The van der Waals surface area contributed by atoms with Crippen molar-refractivity contribution in [3.05, 3.63) is 99.1 Å². The van der Waals surface area contributed by atoms with Crippen LogP contribution < -0.4 is 10.6 Å². The summed E-state index contributed by atoms with van der Waals surface area (Å²) < 4.78 is 0. The Morgan fingerprint density at radius 3 is 2.62 bits per heavy atom. The summed E-state index contributed by atoms with van der Waals surface area (Å²) >= 11 is 0. The number of benzene rings is 3. The maximum Gasteiger partial charge on any atom is 0.274 e. The number of anilines is 2. The van der Waals surface area contributed by atoms with Crippen LogP contribution in [0.15, 0.2) is 66.7 Å². The zero-order valence-corrected chi connectivity index (χ0v) is 19.0. The minimum absolute atomic E-state index is 0.00390. The molecule has 6 heteroatoms. The Hall–Kier alpha value is -3.67. The summed E-state index contributed by atoms with van der Waals surface area (Å²) in [7, 11) is 0. The van der Waals surface area contributed by atoms with Gasteiger partial charge < -0.3 is 10.6 Å². The van der Waals surface area contributed by atoms with E-state index in [0.29, 0.717) is 46.5 Å². The Bertz CT molecular complexity index is 1290. The van der Waals surface area contributed by atoms with Crippen LogP contribution in [0.1, 0.15) is 58.3 Å². The Labute approximate surface area is 198 Å². The molecule has 2 bridgehead atoms. The molecule has 2 saturated carbocycles. The average molecular weight is 454 g/mol. The topological polar surface area (TPSA) is 84.3 Å². The van der Waals surface area contributed by atoms with Crippen molar-refractivity contribution in [1.82, 2.24) is 0 Å². The van der Waals surface area contributed by atoms with E-state index < -0.39 is 4.92 Å². The molecule has 2 N–H and O–H groups in total. The number of nitrogens with zero attached hydrogens (tertiary/aromatic N) is 1. The van der Waals surface area contributed by atoms with E-state index in [9.17, 15) is 14.9 Å². The molecule has 1 aliphatic heterocycles. The van der Waals surface area contributed by atoms with Crippen molar-refractivity contribution in [1.29, 1.82) is 0 Å². The van der Waals surface area contributed by atoms with Gasteiger partial charge in [-0.15, -0.1) is 0 Å². The number of carbonyl (C=O) groups excluding carboxylic acids is 1. The Kier molecular flexibility index (Phi) is 4.90. The number of nitro benzene ring substituents is 1. The van der Waals surface area contributed by atoms with Crippen molar-refractivity contribution in [2.24, 2.45) is 17.8 Å². The lowest BCUT2D eigenvalue weighted by Gasteiger charge is -2.43. The minimum atomic E-state index is -0.423. The summed E-state index contributed by atoms with van der Waals surface area (Å²) in [4.78, 5) is 24.0. The lowest BCUT2D eigenvalue weighted by atomic mass is 9.68. The third kappa shape index (κ3) is 3.28. The van der Waals surface area contributed by atoms with Crippen LogP contribution in [0.2, 0.25) is 0 Å². The Balaban J connectivity index is 1.34. The number of amides is 1. The van der Waals surface area contributed by atoms with Crippen LogP contribution in [0.3, 0.4) is 0 Å². The van der Waals surface area contributed by atoms with E-state index in [4.69, 9.17) is 0 Å². The van der Waals surface area contributed by atoms with Gasteiger partial charge in [-0.2, -0.15) is 0 Å². The van der Waals surface area contributed by atoms with Gasteiger partial charge in [0.2, 0.25) is 0 Å². The average Bonchev–Trinajstić information content (AvgIpc) is 3.48. The summed E-state index contributed by atoms with van der Waals surface area (Å²) in [6, 6.07) is 21.7. The Morgan fingerprint density at radius 1 is 1.03 bits per heavy atom. The summed E-state index contributed by atoms with van der Waals surface area (Å²) in [5.74, 6) is 2.13. The number of rotatable bonds is 4. The maximum absolute atomic E-state index is 13.2. The molecule has 2 aliphatic carbocycles. The molecule has 1 amide bonds. The second-order valence-electron chi connectivity index (χ2n) is 9.93. The predicted molar refractivity (Wildman–Crippen MR) is 132 cm³/mol. The molecule has 0 spiro atoms. The highest BCUT2D eigenvalue weighted by atomic mass is 16.6. The van der Waals surface area contributed by atoms with E-state index in [-0.39, 0.29) is 11.6 Å². The van der Waals surface area contributed by atoms with Gasteiger partial charge >= 0.3 is 0 Å². The standard InChI is InChI=1S/C28H27N3O3/c1-16-22(8-5-9-24(16)31(33)34)30-28(32)20-12-13-23-21(15-20)25-18-10-11-19(14-18)26(25)27(29-23)17-6-3-2-4-7-17/h2-9,12-13,15,18-19,25-27,29H,10-11,14H2,1H3,(H,30,32)/t18-,19-,25-,26+,27-/m0/s1. The SMILES string of the molecule is Cc1c(NC(=O)c2ccc3c(c2)[C@@H]2[C@H]4CC[C@@H](C4)[C@H]2[C@H](c2ccccc2)N3)cccc1[N+](=O)[O-]. The van der Waals surface area contributed by atoms with Crippen LogP contribution in [0.5, 0.6) is 0 Å². The molecule has 0 aromatic heterocycles. The second-order valence-corrected chi connectivity index (χ2v) is 9.93. The van der Waals surface area contributed by atoms with Gasteiger partial charge in [-0.1, -0.05) is 36.4 Å². The van der Waals surface area contributed by atoms with Gasteiger partial charge in [0.05, 0.1) is 22.2 Å². The molecule has 0 radical (unpaired) electrons. The fourth-order valence-corrected chi connectivity index (χ4v) is 6.77. The first kappa shape index (κ1) is 20.9. The zero-order chi connectivity index (χ0) is 23.4. The largest absolute Gasteiger partial charge is 0.378 e. The highest BCUT2D eigenvalue weighted by Crippen LogP contribution is 2.63. The molecule has 172 valence electrons. The van der Waals surface area contributed by atoms with Gasteiger partial charge in [-0.25, -0.2) is 0 Å². The van der Waals surface area contributed by atoms with E-state index in [1.54, 1.807) is 19.1 Å². The third-order valence-electron chi connectivity index (χ3n) is 8.26. The van der Waals surface area contributed by atoms with Crippen LogP contribution in [0.4, 0.5) is 17.1 Å². The van der Waals surface area contributed by atoms with E-state index in [1.807, 2.05) is 18.2 Å². The van der Waals surface area contributed by atoms with Crippen molar-refractivity contribution in [2.75, 3.05) is 10.6 Å². The number of hydrogen-bond acceptors (Lipinski definition) is 4. The van der Waals surface area contributed by atoms with Crippen LogP contribution in [0.25, 0.3) is 0 Å². The fourth-order valence-electron chi connectivity index (χ4n) is 6.77. The van der Waals surface area contributed by atoms with E-state index in [1.165, 1.54) is 36.5 Å². The molecule has 1 heterocycles. The van der Waals surface area contributed by atoms with Crippen molar-refractivity contribution >= 4 is 23.0 Å². The molecule has 2 fully saturated rings. The molecular weight excluding hydrogens is 426 g/mol. The monoisotopic (exact) mass is 453 g/mol. The van der Waals surface area contributed by atoms with Crippen molar-refractivity contribution in [3.8, 4) is 0 Å². The van der Waals surface area contributed by atoms with Crippen LogP contribution in [0, 0.1) is 34.8 Å². The van der Waals surface area contributed by atoms with Crippen LogP contribution >= 0.6 is 0 Å². The molecule has 34 heavy (non-hydrogen) atoms. The number of nitro groups is 1. The first-order chi connectivity index (χ1) is 16.5. The molecule has 3 aliphatic rings. The first-order valence-electron chi connectivity index (χ1n) is 12.0. The number of fused-ring (bicyclic) bond motifs is 7. The second kappa shape index (κ2) is 7.97. The Morgan fingerprint density at radius 2 is 1.82 bits per heavy atom. The molecule has 3 aromatic rings. The number of carbonyl (C=O) groups is 1. The summed E-state index contributed by atoms with van der Waals surface area (Å²) in [6.45, 7) is 1.66. The molecular formula is C28H27N3O3. The minimum Gasteiger partial charge on any atom is -0.378 e. The van der Waals surface area contributed by atoms with Gasteiger partial charge in [0.15, 0.2) is 0 Å². The normalized spacial score (nSPS) is 26.3. The van der Waals surface area contributed by atoms with Crippen LogP contribution in [-0.2, 0) is 0 Å². The van der Waals surface area contributed by atoms with E-state index in [0.717, 1.165) is 5.69 Å². The maximum atomic E-state index is 13.2. The van der Waals surface area contributed by atoms with Gasteiger partial charge in [0, 0.05) is 17.3 Å².